The van der Waals surface area contributed by atoms with Gasteiger partial charge in [-0.3, -0.25) is 19.4 Å². The van der Waals surface area contributed by atoms with Gasteiger partial charge in [0.2, 0.25) is 0 Å². The number of carbonyl (C=O) groups is 3. The molecule has 214 valence electrons. The summed E-state index contributed by atoms with van der Waals surface area (Å²) in [5, 5.41) is 12.9. The minimum Gasteiger partial charge on any atom is -0.625 e. The number of aliphatic hydroxyl groups excluding tert-OH is 1. The number of aliphatic hydroxyl groups is 1. The number of anilines is 1. The van der Waals surface area contributed by atoms with Crippen LogP contribution in [-0.4, -0.2) is 79.3 Å². The maximum Gasteiger partial charge on any atom is 1.00 e. The van der Waals surface area contributed by atoms with Crippen molar-refractivity contribution in [1.82, 2.24) is 15.3 Å². The Bertz CT molecular complexity index is 1050. The second-order valence-corrected chi connectivity index (χ2v) is 9.06. The Kier molecular flexibility index (Phi) is 17.0. The summed E-state index contributed by atoms with van der Waals surface area (Å²) >= 11 is 6.50. The summed E-state index contributed by atoms with van der Waals surface area (Å²) in [6.45, 7) is 8.12. The predicted molar refractivity (Wildman–Crippen MR) is 145 cm³/mol. The van der Waals surface area contributed by atoms with E-state index in [1.807, 2.05) is 18.2 Å². The number of aromatic nitrogens is 2. The number of nitrogens with zero attached hydrogens (tertiary/aromatic N) is 3. The number of rotatable bonds is 10. The number of ether oxygens (including phenoxy) is 1. The van der Waals surface area contributed by atoms with Crippen molar-refractivity contribution in [1.29, 1.82) is 0 Å². The second-order valence-electron chi connectivity index (χ2n) is 8.70. The molecule has 12 nitrogen and oxygen atoms in total. The number of halogens is 1. The zero-order valence-electron chi connectivity index (χ0n) is 23.6. The molecule has 1 aliphatic rings. The van der Waals surface area contributed by atoms with E-state index >= 15 is 0 Å². The molecule has 1 fully saturated rings. The normalized spacial score (nSPS) is 15.2. The van der Waals surface area contributed by atoms with E-state index in [0.29, 0.717) is 30.6 Å². The van der Waals surface area contributed by atoms with Gasteiger partial charge in [-0.15, -0.1) is 0 Å². The first kappa shape index (κ1) is 35.8. The average Bonchev–Trinajstić information content (AvgIpc) is 2.87. The third-order valence-corrected chi connectivity index (χ3v) is 5.76. The zero-order chi connectivity index (χ0) is 28.8. The first-order valence-electron chi connectivity index (χ1n) is 12.5. The standard InChI is InChI=1S/C19H25ClN4O2.C6H10BO6.Na/c1-14-13-26-10-8-24(14)17-12-22-18(19(20)23-17)16(21-7-9-25)11-15-5-3-2-4-6-15;1-4(8)11-7(12-5(2)9)13-6(3)10;/h2-6,12,14,16,21,25H,7-11,13H2,1H3;7H,1-3H3;/q;-1;+1/t14-,16?;;/m1../s1. The molecular formula is C25H35BClN4NaO8. The van der Waals surface area contributed by atoms with Crippen molar-refractivity contribution in [3.05, 3.63) is 52.9 Å². The van der Waals surface area contributed by atoms with Crippen LogP contribution < -0.4 is 39.8 Å². The largest absolute Gasteiger partial charge is 1.00 e. The van der Waals surface area contributed by atoms with Crippen molar-refractivity contribution in [2.45, 2.75) is 46.2 Å². The van der Waals surface area contributed by atoms with E-state index in [1.54, 1.807) is 6.20 Å². The Hall–Kier alpha value is -2.26. The van der Waals surface area contributed by atoms with Gasteiger partial charge in [-0.2, -0.15) is 0 Å². The fourth-order valence-electron chi connectivity index (χ4n) is 3.75. The SMILES string of the molecule is CC(=O)O[BH-](OC(C)=O)OC(C)=O.C[C@@H]1COCCN1c1cnc(C(Cc2ccccc2)NCCO)c(Cl)n1.[Na+]. The monoisotopic (exact) mass is 588 g/mol. The molecule has 0 saturated carbocycles. The van der Waals surface area contributed by atoms with Gasteiger partial charge in [0.1, 0.15) is 5.82 Å². The minimum absolute atomic E-state index is 0. The fourth-order valence-corrected chi connectivity index (χ4v) is 4.01. The van der Waals surface area contributed by atoms with E-state index in [4.69, 9.17) is 16.3 Å². The van der Waals surface area contributed by atoms with Crippen LogP contribution >= 0.6 is 11.6 Å². The minimum atomic E-state index is -2.41. The molecule has 2 atom stereocenters. The summed E-state index contributed by atoms with van der Waals surface area (Å²) in [5.41, 5.74) is 1.88. The Morgan fingerprint density at radius 2 is 1.75 bits per heavy atom. The molecule has 0 aliphatic carbocycles. The summed E-state index contributed by atoms with van der Waals surface area (Å²) < 4.78 is 18.8. The predicted octanol–water partition coefficient (Wildman–Crippen LogP) is -1.38. The Morgan fingerprint density at radius 3 is 2.25 bits per heavy atom. The van der Waals surface area contributed by atoms with Gasteiger partial charge in [-0.1, -0.05) is 41.9 Å². The van der Waals surface area contributed by atoms with E-state index < -0.39 is 25.2 Å². The first-order chi connectivity index (χ1) is 18.6. The molecule has 3 rings (SSSR count). The number of carbonyl (C=O) groups excluding carboxylic acids is 3. The molecule has 0 spiro atoms. The van der Waals surface area contributed by atoms with Gasteiger partial charge in [-0.25, -0.2) is 4.98 Å². The smallest absolute Gasteiger partial charge is 0.625 e. The van der Waals surface area contributed by atoms with Gasteiger partial charge in [0, 0.05) is 33.9 Å². The summed E-state index contributed by atoms with van der Waals surface area (Å²) in [4.78, 5) is 42.7. The van der Waals surface area contributed by atoms with Crippen LogP contribution in [-0.2, 0) is 39.5 Å². The summed E-state index contributed by atoms with van der Waals surface area (Å²) in [6.07, 6.45) is 2.50. The summed E-state index contributed by atoms with van der Waals surface area (Å²) in [6, 6.07) is 10.3. The maximum atomic E-state index is 10.4. The molecule has 40 heavy (non-hydrogen) atoms. The molecule has 0 radical (unpaired) electrons. The number of hydrogen-bond acceptors (Lipinski definition) is 12. The third-order valence-electron chi connectivity index (χ3n) is 5.48. The topological polar surface area (TPSA) is 149 Å². The van der Waals surface area contributed by atoms with Crippen LogP contribution in [0.25, 0.3) is 0 Å². The van der Waals surface area contributed by atoms with Crippen molar-refractivity contribution in [3.63, 3.8) is 0 Å². The van der Waals surface area contributed by atoms with Crippen LogP contribution in [0.3, 0.4) is 0 Å². The molecule has 2 heterocycles. The number of nitrogens with one attached hydrogen (secondary N) is 1. The maximum absolute atomic E-state index is 10.4. The van der Waals surface area contributed by atoms with E-state index in [9.17, 15) is 19.5 Å². The summed E-state index contributed by atoms with van der Waals surface area (Å²) in [5.74, 6) is -1.26. The quantitative estimate of drug-likeness (QED) is 0.315. The van der Waals surface area contributed by atoms with Crippen LogP contribution in [0.2, 0.25) is 5.15 Å². The number of morpholine rings is 1. The fraction of sp³-hybridized carbons (Fsp3) is 0.480. The molecule has 1 aliphatic heterocycles. The molecule has 1 aromatic heterocycles. The molecular weight excluding hydrogens is 554 g/mol. The van der Waals surface area contributed by atoms with Gasteiger partial charge in [-0.05, 0) is 18.9 Å². The van der Waals surface area contributed by atoms with Crippen LogP contribution in [0.15, 0.2) is 36.5 Å². The first-order valence-corrected chi connectivity index (χ1v) is 12.9. The number of benzene rings is 1. The van der Waals surface area contributed by atoms with Crippen molar-refractivity contribution in [2.24, 2.45) is 0 Å². The molecule has 1 aromatic carbocycles. The third kappa shape index (κ3) is 12.9. The van der Waals surface area contributed by atoms with Gasteiger partial charge in [0.05, 0.1) is 43.8 Å². The van der Waals surface area contributed by atoms with Gasteiger partial charge < -0.3 is 34.0 Å². The summed E-state index contributed by atoms with van der Waals surface area (Å²) in [7, 11) is -2.41. The van der Waals surface area contributed by atoms with E-state index in [1.165, 1.54) is 5.56 Å². The molecule has 0 bridgehead atoms. The van der Waals surface area contributed by atoms with Gasteiger partial charge >= 0.3 is 36.9 Å². The van der Waals surface area contributed by atoms with E-state index in [-0.39, 0.29) is 48.2 Å². The van der Waals surface area contributed by atoms with E-state index in [0.717, 1.165) is 39.6 Å². The van der Waals surface area contributed by atoms with Gasteiger partial charge in [0.25, 0.3) is 17.9 Å². The van der Waals surface area contributed by atoms with Crippen LogP contribution in [0.4, 0.5) is 5.82 Å². The zero-order valence-corrected chi connectivity index (χ0v) is 26.3. The molecule has 1 unspecified atom stereocenters. The average molecular weight is 589 g/mol. The molecule has 0 amide bonds. The molecule has 1 saturated heterocycles. The number of hydrogen-bond donors (Lipinski definition) is 2. The van der Waals surface area contributed by atoms with Crippen LogP contribution in [0.5, 0.6) is 0 Å². The van der Waals surface area contributed by atoms with Crippen LogP contribution in [0, 0.1) is 0 Å². The van der Waals surface area contributed by atoms with E-state index in [2.05, 4.69) is 53.2 Å². The van der Waals surface area contributed by atoms with Crippen molar-refractivity contribution >= 4 is 42.6 Å². The molecule has 2 aromatic rings. The van der Waals surface area contributed by atoms with Crippen molar-refractivity contribution < 1.29 is 67.7 Å². The Morgan fingerprint density at radius 1 is 1.15 bits per heavy atom. The van der Waals surface area contributed by atoms with Crippen molar-refractivity contribution in [2.75, 3.05) is 37.8 Å². The van der Waals surface area contributed by atoms with Crippen molar-refractivity contribution in [3.8, 4) is 0 Å². The molecule has 2 N–H and O–H groups in total. The van der Waals surface area contributed by atoms with Crippen LogP contribution in [0.1, 0.15) is 45.0 Å². The molecule has 15 heteroatoms. The van der Waals surface area contributed by atoms with Gasteiger partial charge in [0.15, 0.2) is 5.15 Å². The second kappa shape index (κ2) is 19.0. The Labute approximate surface area is 261 Å². The Balaban J connectivity index is 0.000000489.